The first-order valence-corrected chi connectivity index (χ1v) is 6.38. The van der Waals surface area contributed by atoms with Crippen LogP contribution in [-0.2, 0) is 11.2 Å². The van der Waals surface area contributed by atoms with Gasteiger partial charge in [-0.25, -0.2) is 9.37 Å². The first kappa shape index (κ1) is 11.9. The molecule has 0 atom stereocenters. The number of benzene rings is 1. The third-order valence-corrected chi connectivity index (χ3v) is 3.67. The highest BCUT2D eigenvalue weighted by Crippen LogP contribution is 2.24. The van der Waals surface area contributed by atoms with Gasteiger partial charge in [-0.3, -0.25) is 9.20 Å². The Kier molecular flexibility index (Phi) is 2.79. The summed E-state index contributed by atoms with van der Waals surface area (Å²) < 4.78 is 14.6. The molecule has 1 N–H and O–H groups in total. The molecule has 0 saturated carbocycles. The molecule has 0 fully saturated rings. The summed E-state index contributed by atoms with van der Waals surface area (Å²) in [6, 6.07) is 6.11. The molecule has 1 aromatic carbocycles. The van der Waals surface area contributed by atoms with Gasteiger partial charge in [-0.15, -0.1) is 11.3 Å². The van der Waals surface area contributed by atoms with Crippen molar-refractivity contribution in [3.05, 3.63) is 47.4 Å². The first-order valence-electron chi connectivity index (χ1n) is 5.57. The summed E-state index contributed by atoms with van der Waals surface area (Å²) in [5, 5.41) is 8.73. The van der Waals surface area contributed by atoms with Crippen molar-refractivity contribution in [1.29, 1.82) is 0 Å². The number of fused-ring (bicyclic) bond motifs is 1. The second-order valence-corrected chi connectivity index (χ2v) is 5.18. The Bertz CT molecular complexity index is 714. The van der Waals surface area contributed by atoms with Crippen LogP contribution in [0.5, 0.6) is 0 Å². The summed E-state index contributed by atoms with van der Waals surface area (Å²) in [7, 11) is 0. The number of carboxylic acids is 1. The van der Waals surface area contributed by atoms with Gasteiger partial charge in [0.25, 0.3) is 0 Å². The molecule has 6 heteroatoms. The molecule has 0 aliphatic rings. The summed E-state index contributed by atoms with van der Waals surface area (Å²) in [4.78, 5) is 16.5. The SMILES string of the molecule is O=C(O)Cc1cn2cc(-c3ccc(F)cc3)nc2s1. The van der Waals surface area contributed by atoms with Gasteiger partial charge < -0.3 is 5.11 Å². The number of aromatic nitrogens is 2. The minimum Gasteiger partial charge on any atom is -0.481 e. The number of aliphatic carboxylic acids is 1. The van der Waals surface area contributed by atoms with Crippen LogP contribution in [0, 0.1) is 5.82 Å². The summed E-state index contributed by atoms with van der Waals surface area (Å²) in [5.41, 5.74) is 1.57. The molecule has 0 radical (unpaired) electrons. The van der Waals surface area contributed by atoms with Crippen LogP contribution < -0.4 is 0 Å². The van der Waals surface area contributed by atoms with Gasteiger partial charge in [-0.05, 0) is 24.3 Å². The molecule has 0 aliphatic carbocycles. The molecule has 19 heavy (non-hydrogen) atoms. The molecule has 2 aromatic heterocycles. The van der Waals surface area contributed by atoms with Crippen molar-refractivity contribution in [3.8, 4) is 11.3 Å². The third-order valence-electron chi connectivity index (χ3n) is 2.67. The Morgan fingerprint density at radius 2 is 2.05 bits per heavy atom. The Labute approximate surface area is 111 Å². The molecule has 3 aromatic rings. The van der Waals surface area contributed by atoms with Crippen molar-refractivity contribution < 1.29 is 14.3 Å². The molecule has 0 bridgehead atoms. The maximum atomic E-state index is 12.8. The van der Waals surface area contributed by atoms with Gasteiger partial charge >= 0.3 is 5.97 Å². The smallest absolute Gasteiger partial charge is 0.308 e. The monoisotopic (exact) mass is 276 g/mol. The number of rotatable bonds is 3. The van der Waals surface area contributed by atoms with Gasteiger partial charge in [0.15, 0.2) is 4.96 Å². The second kappa shape index (κ2) is 4.47. The van der Waals surface area contributed by atoms with Gasteiger partial charge in [-0.1, -0.05) is 0 Å². The Hall–Kier alpha value is -2.21. The number of imidazole rings is 1. The predicted octanol–water partition coefficient (Wildman–Crippen LogP) is 2.83. The van der Waals surface area contributed by atoms with E-state index in [0.29, 0.717) is 0 Å². The highest BCUT2D eigenvalue weighted by atomic mass is 32.1. The molecule has 96 valence electrons. The minimum atomic E-state index is -0.858. The Morgan fingerprint density at radius 3 is 2.68 bits per heavy atom. The molecule has 2 heterocycles. The van der Waals surface area contributed by atoms with Crippen LogP contribution in [0.15, 0.2) is 36.7 Å². The molecule has 0 amide bonds. The second-order valence-electron chi connectivity index (χ2n) is 4.09. The number of nitrogens with zero attached hydrogens (tertiary/aromatic N) is 2. The molecular formula is C13H9FN2O2S. The van der Waals surface area contributed by atoms with Crippen LogP contribution in [0.1, 0.15) is 4.88 Å². The van der Waals surface area contributed by atoms with E-state index in [9.17, 15) is 9.18 Å². The lowest BCUT2D eigenvalue weighted by Crippen LogP contribution is -1.97. The van der Waals surface area contributed by atoms with Crippen molar-refractivity contribution in [2.75, 3.05) is 0 Å². The van der Waals surface area contributed by atoms with Crippen LogP contribution >= 0.6 is 11.3 Å². The molecule has 0 spiro atoms. The number of thiazole rings is 1. The number of carbonyl (C=O) groups is 1. The third kappa shape index (κ3) is 2.34. The molecule has 3 rings (SSSR count). The van der Waals surface area contributed by atoms with Gasteiger partial charge in [-0.2, -0.15) is 0 Å². The van der Waals surface area contributed by atoms with Crippen molar-refractivity contribution in [1.82, 2.24) is 9.38 Å². The van der Waals surface area contributed by atoms with E-state index in [4.69, 9.17) is 5.11 Å². The quantitative estimate of drug-likeness (QED) is 0.800. The van der Waals surface area contributed by atoms with Gasteiger partial charge in [0.2, 0.25) is 0 Å². The largest absolute Gasteiger partial charge is 0.481 e. The lowest BCUT2D eigenvalue weighted by molar-refractivity contribution is -0.136. The standard InChI is InChI=1S/C13H9FN2O2S/c14-9-3-1-8(2-4-9)11-7-16-6-10(5-12(17)18)19-13(16)15-11/h1-4,6-7H,5H2,(H,17,18). The van der Waals surface area contributed by atoms with Crippen LogP contribution in [0.25, 0.3) is 16.2 Å². The van der Waals surface area contributed by atoms with Crippen molar-refractivity contribution in [2.24, 2.45) is 0 Å². The van der Waals surface area contributed by atoms with E-state index < -0.39 is 5.97 Å². The van der Waals surface area contributed by atoms with E-state index in [2.05, 4.69) is 4.98 Å². The van der Waals surface area contributed by atoms with Crippen LogP contribution in [-0.4, -0.2) is 20.5 Å². The minimum absolute atomic E-state index is 0.0000910. The fourth-order valence-electron chi connectivity index (χ4n) is 1.83. The van der Waals surface area contributed by atoms with Crippen molar-refractivity contribution in [2.45, 2.75) is 6.42 Å². The average molecular weight is 276 g/mol. The summed E-state index contributed by atoms with van der Waals surface area (Å²) in [5.74, 6) is -1.14. The zero-order valence-electron chi connectivity index (χ0n) is 9.71. The fraction of sp³-hybridized carbons (Fsp3) is 0.0769. The topological polar surface area (TPSA) is 54.6 Å². The molecule has 4 nitrogen and oxygen atoms in total. The molecule has 0 saturated heterocycles. The number of hydrogen-bond donors (Lipinski definition) is 1. The maximum Gasteiger partial charge on any atom is 0.308 e. The summed E-state index contributed by atoms with van der Waals surface area (Å²) >= 11 is 1.34. The maximum absolute atomic E-state index is 12.8. The van der Waals surface area contributed by atoms with Crippen molar-refractivity contribution >= 4 is 22.3 Å². The highest BCUT2D eigenvalue weighted by molar-refractivity contribution is 7.17. The molecular weight excluding hydrogens is 267 g/mol. The lowest BCUT2D eigenvalue weighted by Gasteiger charge is -1.94. The normalized spacial score (nSPS) is 11.0. The van der Waals surface area contributed by atoms with E-state index in [-0.39, 0.29) is 12.2 Å². The lowest BCUT2D eigenvalue weighted by atomic mass is 10.2. The van der Waals surface area contributed by atoms with Gasteiger partial charge in [0, 0.05) is 22.8 Å². The van der Waals surface area contributed by atoms with Crippen LogP contribution in [0.2, 0.25) is 0 Å². The number of halogens is 1. The summed E-state index contributed by atoms with van der Waals surface area (Å²) in [6.07, 6.45) is 3.57. The van der Waals surface area contributed by atoms with E-state index in [1.54, 1.807) is 22.7 Å². The van der Waals surface area contributed by atoms with Crippen LogP contribution in [0.3, 0.4) is 0 Å². The van der Waals surface area contributed by atoms with Gasteiger partial charge in [0.1, 0.15) is 5.82 Å². The van der Waals surface area contributed by atoms with Crippen molar-refractivity contribution in [3.63, 3.8) is 0 Å². The molecule has 0 aliphatic heterocycles. The average Bonchev–Trinajstić information content (AvgIpc) is 2.86. The Morgan fingerprint density at radius 1 is 1.32 bits per heavy atom. The van der Waals surface area contributed by atoms with E-state index in [1.807, 2.05) is 6.20 Å². The zero-order chi connectivity index (χ0) is 13.4. The highest BCUT2D eigenvalue weighted by Gasteiger charge is 2.10. The first-order chi connectivity index (χ1) is 9.11. The predicted molar refractivity (Wildman–Crippen MR) is 69.8 cm³/mol. The molecule has 0 unspecified atom stereocenters. The van der Waals surface area contributed by atoms with E-state index in [0.717, 1.165) is 21.1 Å². The number of carboxylic acid groups (broad SMARTS) is 1. The summed E-state index contributed by atoms with van der Waals surface area (Å²) in [6.45, 7) is 0. The van der Waals surface area contributed by atoms with E-state index in [1.165, 1.54) is 23.5 Å². The number of hydrogen-bond acceptors (Lipinski definition) is 3. The van der Waals surface area contributed by atoms with Crippen LogP contribution in [0.4, 0.5) is 4.39 Å². The Balaban J connectivity index is 1.96. The zero-order valence-corrected chi connectivity index (χ0v) is 10.5. The fourth-order valence-corrected chi connectivity index (χ4v) is 2.79. The van der Waals surface area contributed by atoms with E-state index >= 15 is 0 Å². The van der Waals surface area contributed by atoms with Gasteiger partial charge in [0.05, 0.1) is 12.1 Å².